The van der Waals surface area contributed by atoms with Gasteiger partial charge in [-0.1, -0.05) is 32.6 Å². The van der Waals surface area contributed by atoms with Crippen LogP contribution >= 0.6 is 0 Å². The Morgan fingerprint density at radius 1 is 1.14 bits per heavy atom. The fourth-order valence-corrected chi connectivity index (χ4v) is 4.30. The van der Waals surface area contributed by atoms with Crippen LogP contribution in [0.3, 0.4) is 0 Å². The number of piperidine rings is 1. The first kappa shape index (κ1) is 28.8. The van der Waals surface area contributed by atoms with Crippen molar-refractivity contribution in [3.63, 3.8) is 0 Å². The summed E-state index contributed by atoms with van der Waals surface area (Å²) in [6.45, 7) is 10.5. The zero-order valence-corrected chi connectivity index (χ0v) is 21.8. The number of anilines is 2. The number of aliphatic imine (C=N–C) groups is 1. The van der Waals surface area contributed by atoms with Crippen molar-refractivity contribution in [2.75, 3.05) is 64.4 Å². The van der Waals surface area contributed by atoms with E-state index in [0.29, 0.717) is 24.8 Å². The summed E-state index contributed by atoms with van der Waals surface area (Å²) >= 11 is 0. The van der Waals surface area contributed by atoms with E-state index >= 15 is 0 Å². The first-order chi connectivity index (χ1) is 17.0. The molecule has 2 N–H and O–H groups in total. The van der Waals surface area contributed by atoms with Gasteiger partial charge < -0.3 is 29.7 Å². The molecule has 1 aromatic rings. The van der Waals surface area contributed by atoms with Gasteiger partial charge in [-0.2, -0.15) is 9.97 Å². The minimum Gasteiger partial charge on any atom is -0.469 e. The number of carbonyl (C=O) groups is 1. The average molecular weight is 493 g/mol. The fraction of sp³-hybridized carbons (Fsp3) is 0.760. The van der Waals surface area contributed by atoms with Crippen LogP contribution in [0.4, 0.5) is 17.3 Å². The Kier molecular flexibility index (Phi) is 13.4. The molecule has 1 aliphatic heterocycles. The molecular formula is C25H44N6O4. The molecule has 0 unspecified atom stereocenters. The van der Waals surface area contributed by atoms with Crippen molar-refractivity contribution in [3.8, 4) is 6.01 Å². The SMILES string of the molecule is C=Nc1c(N)nc(OCCCC)nc1N(CCCCCCCN1CCC(C(=O)OC)CC1)COC. The minimum atomic E-state index is -0.0620. The van der Waals surface area contributed by atoms with Crippen LogP contribution in [0.5, 0.6) is 6.01 Å². The molecule has 0 aliphatic carbocycles. The van der Waals surface area contributed by atoms with E-state index in [-0.39, 0.29) is 23.7 Å². The van der Waals surface area contributed by atoms with Crippen LogP contribution in [0.15, 0.2) is 4.99 Å². The zero-order valence-electron chi connectivity index (χ0n) is 21.8. The first-order valence-electron chi connectivity index (χ1n) is 12.8. The Balaban J connectivity index is 1.76. The summed E-state index contributed by atoms with van der Waals surface area (Å²) in [6.07, 6.45) is 9.41. The molecule has 1 aromatic heterocycles. The molecule has 10 heteroatoms. The van der Waals surface area contributed by atoms with Crippen molar-refractivity contribution in [3.05, 3.63) is 0 Å². The van der Waals surface area contributed by atoms with Crippen LogP contribution in [0.1, 0.15) is 64.7 Å². The number of nitrogens with two attached hydrogens (primary N) is 1. The fourth-order valence-electron chi connectivity index (χ4n) is 4.30. The molecule has 198 valence electrons. The zero-order chi connectivity index (χ0) is 25.5. The highest BCUT2D eigenvalue weighted by Crippen LogP contribution is 2.33. The number of ether oxygens (including phenoxy) is 3. The number of hydrogen-bond donors (Lipinski definition) is 1. The molecule has 10 nitrogen and oxygen atoms in total. The second-order valence-corrected chi connectivity index (χ2v) is 9.01. The number of nitrogen functional groups attached to an aromatic ring is 1. The van der Waals surface area contributed by atoms with E-state index in [0.717, 1.165) is 64.7 Å². The Hall–Kier alpha value is -2.46. The Bertz CT molecular complexity index is 771. The van der Waals surface area contributed by atoms with Gasteiger partial charge in [0.1, 0.15) is 12.4 Å². The maximum Gasteiger partial charge on any atom is 0.320 e. The predicted octanol–water partition coefficient (Wildman–Crippen LogP) is 3.82. The molecule has 1 fully saturated rings. The number of methoxy groups -OCH3 is 2. The number of rotatable bonds is 17. The van der Waals surface area contributed by atoms with Gasteiger partial charge in [0.05, 0.1) is 19.6 Å². The summed E-state index contributed by atoms with van der Waals surface area (Å²) in [6, 6.07) is 0.259. The number of carbonyl (C=O) groups excluding carboxylic acids is 1. The largest absolute Gasteiger partial charge is 0.469 e. The monoisotopic (exact) mass is 492 g/mol. The minimum absolute atomic E-state index is 0.0620. The standard InChI is InChI=1S/C25H44N6O4/c1-5-6-18-35-25-28-22(26)21(27-2)23(29-25)31(19-33-3)15-11-9-7-8-10-14-30-16-12-20(13-17-30)24(32)34-4/h20H,2,5-19H2,1,3-4H3,(H2,26,28,29). The maximum atomic E-state index is 11.7. The molecule has 2 rings (SSSR count). The van der Waals surface area contributed by atoms with Crippen LogP contribution in [-0.4, -0.2) is 81.3 Å². The molecule has 0 bridgehead atoms. The highest BCUT2D eigenvalue weighted by atomic mass is 16.5. The quantitative estimate of drug-likeness (QED) is 0.150. The van der Waals surface area contributed by atoms with Gasteiger partial charge in [-0.05, 0) is 58.5 Å². The van der Waals surface area contributed by atoms with Crippen LogP contribution in [0.25, 0.3) is 0 Å². The molecule has 35 heavy (non-hydrogen) atoms. The second kappa shape index (κ2) is 16.3. The average Bonchev–Trinajstić information content (AvgIpc) is 2.87. The van der Waals surface area contributed by atoms with E-state index in [9.17, 15) is 4.79 Å². The van der Waals surface area contributed by atoms with E-state index in [2.05, 4.69) is 33.5 Å². The van der Waals surface area contributed by atoms with Crippen molar-refractivity contribution in [2.24, 2.45) is 10.9 Å². The summed E-state index contributed by atoms with van der Waals surface area (Å²) < 4.78 is 16.0. The summed E-state index contributed by atoms with van der Waals surface area (Å²) in [5.41, 5.74) is 6.57. The number of esters is 1. The van der Waals surface area contributed by atoms with Crippen LogP contribution in [0.2, 0.25) is 0 Å². The lowest BCUT2D eigenvalue weighted by atomic mass is 9.97. The van der Waals surface area contributed by atoms with Gasteiger partial charge in [0.15, 0.2) is 11.6 Å². The lowest BCUT2D eigenvalue weighted by molar-refractivity contribution is -0.147. The number of likely N-dealkylation sites (tertiary alicyclic amines) is 1. The molecule has 0 saturated carbocycles. The molecule has 0 amide bonds. The Morgan fingerprint density at radius 2 is 1.86 bits per heavy atom. The third-order valence-electron chi connectivity index (χ3n) is 6.37. The third-order valence-corrected chi connectivity index (χ3v) is 6.37. The van der Waals surface area contributed by atoms with Gasteiger partial charge in [-0.15, -0.1) is 0 Å². The van der Waals surface area contributed by atoms with E-state index in [1.165, 1.54) is 26.4 Å². The van der Waals surface area contributed by atoms with Gasteiger partial charge in [-0.25, -0.2) is 0 Å². The van der Waals surface area contributed by atoms with Crippen molar-refractivity contribution < 1.29 is 19.0 Å². The normalized spacial score (nSPS) is 14.6. The molecule has 1 saturated heterocycles. The highest BCUT2D eigenvalue weighted by molar-refractivity contribution is 5.75. The molecule has 0 atom stereocenters. The molecular weight excluding hydrogens is 448 g/mol. The predicted molar refractivity (Wildman–Crippen MR) is 140 cm³/mol. The molecule has 1 aliphatic rings. The number of hydrogen-bond acceptors (Lipinski definition) is 10. The number of aromatic nitrogens is 2. The van der Waals surface area contributed by atoms with Gasteiger partial charge in [0.2, 0.25) is 0 Å². The molecule has 0 spiro atoms. The van der Waals surface area contributed by atoms with Crippen LogP contribution < -0.4 is 15.4 Å². The second-order valence-electron chi connectivity index (χ2n) is 9.01. The number of unbranched alkanes of at least 4 members (excludes halogenated alkanes) is 5. The number of nitrogens with zero attached hydrogens (tertiary/aromatic N) is 5. The first-order valence-corrected chi connectivity index (χ1v) is 12.8. The van der Waals surface area contributed by atoms with E-state index in [4.69, 9.17) is 19.9 Å². The third kappa shape index (κ3) is 9.60. The van der Waals surface area contributed by atoms with Gasteiger partial charge in [-0.3, -0.25) is 9.79 Å². The smallest absolute Gasteiger partial charge is 0.320 e. The lowest BCUT2D eigenvalue weighted by Gasteiger charge is -2.30. The summed E-state index contributed by atoms with van der Waals surface area (Å²) in [5.74, 6) is 0.866. The molecule has 0 aromatic carbocycles. The maximum absolute atomic E-state index is 11.7. The van der Waals surface area contributed by atoms with E-state index in [1.807, 2.05) is 4.90 Å². The van der Waals surface area contributed by atoms with Crippen LogP contribution in [0, 0.1) is 5.92 Å². The Morgan fingerprint density at radius 3 is 2.51 bits per heavy atom. The van der Waals surface area contributed by atoms with Gasteiger partial charge in [0, 0.05) is 13.7 Å². The summed E-state index contributed by atoms with van der Waals surface area (Å²) in [7, 11) is 3.13. The van der Waals surface area contributed by atoms with Gasteiger partial charge in [0.25, 0.3) is 0 Å². The summed E-state index contributed by atoms with van der Waals surface area (Å²) in [5, 5.41) is 0. The van der Waals surface area contributed by atoms with Gasteiger partial charge >= 0.3 is 12.0 Å². The van der Waals surface area contributed by atoms with Crippen LogP contribution in [-0.2, 0) is 14.3 Å². The molecule has 2 heterocycles. The topological polar surface area (TPSA) is 115 Å². The van der Waals surface area contributed by atoms with E-state index < -0.39 is 0 Å². The molecule has 0 radical (unpaired) electrons. The lowest BCUT2D eigenvalue weighted by Crippen LogP contribution is -2.37. The highest BCUT2D eigenvalue weighted by Gasteiger charge is 2.25. The summed E-state index contributed by atoms with van der Waals surface area (Å²) in [4.78, 5) is 29.0. The Labute approximate surface area is 210 Å². The van der Waals surface area contributed by atoms with Crippen molar-refractivity contribution >= 4 is 30.0 Å². The van der Waals surface area contributed by atoms with E-state index in [1.54, 1.807) is 7.11 Å². The van der Waals surface area contributed by atoms with Crippen molar-refractivity contribution in [2.45, 2.75) is 64.7 Å². The van der Waals surface area contributed by atoms with Crippen molar-refractivity contribution in [1.29, 1.82) is 0 Å². The van der Waals surface area contributed by atoms with Crippen molar-refractivity contribution in [1.82, 2.24) is 14.9 Å².